The number of nitrogens with zero attached hydrogens (tertiary/aromatic N) is 2. The molecule has 0 saturated heterocycles. The highest BCUT2D eigenvalue weighted by Gasteiger charge is 2.25. The third-order valence-corrected chi connectivity index (χ3v) is 5.32. The minimum absolute atomic E-state index is 0.00624. The maximum atomic E-state index is 12.5. The molecule has 3 N–H and O–H groups in total. The van der Waals surface area contributed by atoms with Gasteiger partial charge < -0.3 is 19.3 Å². The van der Waals surface area contributed by atoms with Crippen LogP contribution in [0.15, 0.2) is 30.3 Å². The summed E-state index contributed by atoms with van der Waals surface area (Å²) in [7, 11) is -1.71. The van der Waals surface area contributed by atoms with E-state index in [0.29, 0.717) is 0 Å². The van der Waals surface area contributed by atoms with Crippen molar-refractivity contribution in [3.63, 3.8) is 0 Å². The predicted octanol–water partition coefficient (Wildman–Crippen LogP) is 0.736. The molecular formula is C20H22N4O10S. The van der Waals surface area contributed by atoms with Crippen molar-refractivity contribution >= 4 is 39.7 Å². The number of methoxy groups -OCH3 is 2. The molecule has 35 heavy (non-hydrogen) atoms. The molecule has 2 aromatic rings. The summed E-state index contributed by atoms with van der Waals surface area (Å²) in [4.78, 5) is 54.8. The Balaban J connectivity index is 2.07. The molecule has 188 valence electrons. The number of carbonyl (C=O) groups is 4. The molecule has 0 saturated carbocycles. The van der Waals surface area contributed by atoms with Crippen LogP contribution in [0.5, 0.6) is 11.8 Å². The molecule has 0 aliphatic heterocycles. The number of ketones is 1. The molecule has 0 fully saturated rings. The number of aromatic nitrogens is 2. The van der Waals surface area contributed by atoms with Crippen molar-refractivity contribution in [1.82, 2.24) is 14.7 Å². The van der Waals surface area contributed by atoms with Crippen molar-refractivity contribution in [3.8, 4) is 11.8 Å². The van der Waals surface area contributed by atoms with Gasteiger partial charge in [-0.3, -0.25) is 14.9 Å². The summed E-state index contributed by atoms with van der Waals surface area (Å²) in [6, 6.07) is 5.51. The van der Waals surface area contributed by atoms with Crippen LogP contribution in [0, 0.1) is 0 Å². The maximum absolute atomic E-state index is 12.5. The van der Waals surface area contributed by atoms with Crippen molar-refractivity contribution in [2.24, 2.45) is 0 Å². The number of rotatable bonds is 12. The van der Waals surface area contributed by atoms with E-state index in [4.69, 9.17) is 19.3 Å². The van der Waals surface area contributed by atoms with Crippen LogP contribution in [0.1, 0.15) is 28.8 Å². The molecule has 1 aromatic heterocycles. The lowest BCUT2D eigenvalue weighted by Gasteiger charge is -2.11. The van der Waals surface area contributed by atoms with Gasteiger partial charge in [0.1, 0.15) is 0 Å². The smallest absolute Gasteiger partial charge is 0.379 e. The van der Waals surface area contributed by atoms with Gasteiger partial charge in [0.15, 0.2) is 0 Å². The third kappa shape index (κ3) is 8.54. The third-order valence-electron chi connectivity index (χ3n) is 4.13. The molecule has 0 bridgehead atoms. The summed E-state index contributed by atoms with van der Waals surface area (Å²) in [5.41, 5.74) is -0.318. The predicted molar refractivity (Wildman–Crippen MR) is 119 cm³/mol. The van der Waals surface area contributed by atoms with Gasteiger partial charge in [0.05, 0.1) is 32.6 Å². The molecule has 0 unspecified atom stereocenters. The minimum atomic E-state index is -4.35. The lowest BCUT2D eigenvalue weighted by Crippen LogP contribution is -2.36. The van der Waals surface area contributed by atoms with Crippen LogP contribution in [0.4, 0.5) is 10.7 Å². The Labute approximate surface area is 199 Å². The Morgan fingerprint density at radius 2 is 1.66 bits per heavy atom. The Morgan fingerprint density at radius 1 is 1.03 bits per heavy atom. The number of carbonyl (C=O) groups excluding carboxylic acids is 3. The van der Waals surface area contributed by atoms with E-state index < -0.39 is 39.5 Å². The van der Waals surface area contributed by atoms with E-state index in [1.54, 1.807) is 4.72 Å². The van der Waals surface area contributed by atoms with Gasteiger partial charge in [-0.15, -0.1) is 0 Å². The monoisotopic (exact) mass is 510 g/mol. The molecule has 14 nitrogen and oxygen atoms in total. The zero-order chi connectivity index (χ0) is 26.0. The van der Waals surface area contributed by atoms with Crippen LogP contribution < -0.4 is 19.5 Å². The zero-order valence-electron chi connectivity index (χ0n) is 18.6. The van der Waals surface area contributed by atoms with E-state index in [1.807, 2.05) is 0 Å². The zero-order valence-corrected chi connectivity index (χ0v) is 19.5. The molecule has 1 heterocycles. The van der Waals surface area contributed by atoms with Gasteiger partial charge in [-0.2, -0.15) is 9.97 Å². The Kier molecular flexibility index (Phi) is 9.45. The largest absolute Gasteiger partial charge is 0.481 e. The number of nitrogens with one attached hydrogen (secondary N) is 2. The number of benzene rings is 1. The molecule has 0 spiro atoms. The molecule has 0 radical (unpaired) electrons. The number of aliphatic carboxylic acids is 1. The van der Waals surface area contributed by atoms with Crippen molar-refractivity contribution in [2.45, 2.75) is 18.6 Å². The van der Waals surface area contributed by atoms with Crippen LogP contribution >= 0.6 is 0 Å². The lowest BCUT2D eigenvalue weighted by atomic mass is 10.1. The molecule has 2 amide bonds. The normalized spacial score (nSPS) is 10.7. The van der Waals surface area contributed by atoms with Crippen LogP contribution in [0.3, 0.4) is 0 Å². The molecule has 0 aliphatic rings. The second kappa shape index (κ2) is 12.3. The average Bonchev–Trinajstić information content (AvgIpc) is 2.80. The van der Waals surface area contributed by atoms with Crippen molar-refractivity contribution < 1.29 is 46.9 Å². The van der Waals surface area contributed by atoms with Gasteiger partial charge in [-0.25, -0.2) is 22.7 Å². The number of carboxylic acids is 1. The van der Waals surface area contributed by atoms with Gasteiger partial charge >= 0.3 is 18.0 Å². The fraction of sp³-hybridized carbons (Fsp3) is 0.300. The van der Waals surface area contributed by atoms with Crippen molar-refractivity contribution in [1.29, 1.82) is 0 Å². The van der Waals surface area contributed by atoms with E-state index in [9.17, 15) is 27.6 Å². The average molecular weight is 510 g/mol. The number of urea groups is 1. The number of amides is 2. The molecule has 0 atom stereocenters. The molecule has 15 heteroatoms. The molecule has 0 aliphatic carbocycles. The van der Waals surface area contributed by atoms with E-state index in [0.717, 1.165) is 0 Å². The van der Waals surface area contributed by atoms with Crippen LogP contribution in [-0.4, -0.2) is 68.1 Å². The number of carboxylic acid groups (broad SMARTS) is 1. The van der Waals surface area contributed by atoms with E-state index in [-0.39, 0.29) is 48.3 Å². The highest BCUT2D eigenvalue weighted by molar-refractivity contribution is 7.89. The SMILES string of the molecule is COc1cc(OC)nc(NC(=O)NS(=O)(=O)Cc2ccccc2C(=O)C(=O)OCCCC(=O)O)n1. The summed E-state index contributed by atoms with van der Waals surface area (Å²) in [6.07, 6.45) is -0.246. The number of esters is 1. The topological polar surface area (TPSA) is 200 Å². The number of Topliss-reactive ketones (excluding diaryl/α,β-unsaturated/α-hetero) is 1. The summed E-state index contributed by atoms with van der Waals surface area (Å²) in [5.74, 6) is -4.49. The standard InChI is InChI=1S/C20H22N4O10S/c1-32-14-10-15(33-2)22-19(21-14)23-20(29)24-35(30,31)11-12-6-3-4-7-13(12)17(27)18(28)34-9-5-8-16(25)26/h3-4,6-7,10H,5,8-9,11H2,1-2H3,(H,25,26)(H2,21,22,23,24,29). The summed E-state index contributed by atoms with van der Waals surface area (Å²) < 4.78 is 41.4. The van der Waals surface area contributed by atoms with Gasteiger partial charge in [0.25, 0.3) is 5.78 Å². The van der Waals surface area contributed by atoms with E-state index >= 15 is 0 Å². The second-order valence-corrected chi connectivity index (χ2v) is 8.43. The van der Waals surface area contributed by atoms with Crippen molar-refractivity contribution in [2.75, 3.05) is 26.1 Å². The first kappa shape index (κ1) is 27.0. The first-order valence-corrected chi connectivity index (χ1v) is 11.5. The first-order chi connectivity index (χ1) is 16.5. The summed E-state index contributed by atoms with van der Waals surface area (Å²) >= 11 is 0. The molecule has 2 rings (SSSR count). The Hall–Kier alpha value is -4.27. The van der Waals surface area contributed by atoms with Gasteiger partial charge in [0.2, 0.25) is 27.7 Å². The minimum Gasteiger partial charge on any atom is -0.481 e. The van der Waals surface area contributed by atoms with Crippen LogP contribution in [0.25, 0.3) is 0 Å². The maximum Gasteiger partial charge on any atom is 0.379 e. The van der Waals surface area contributed by atoms with Crippen molar-refractivity contribution in [3.05, 3.63) is 41.5 Å². The molecule has 1 aromatic carbocycles. The number of ether oxygens (including phenoxy) is 3. The highest BCUT2D eigenvalue weighted by atomic mass is 32.2. The number of hydrogen-bond donors (Lipinski definition) is 3. The Morgan fingerprint density at radius 3 is 2.26 bits per heavy atom. The second-order valence-electron chi connectivity index (χ2n) is 6.71. The van der Waals surface area contributed by atoms with E-state index in [1.165, 1.54) is 44.6 Å². The number of sulfonamides is 1. The van der Waals surface area contributed by atoms with Gasteiger partial charge in [0, 0.05) is 12.0 Å². The fourth-order valence-corrected chi connectivity index (χ4v) is 3.68. The highest BCUT2D eigenvalue weighted by Crippen LogP contribution is 2.18. The Bertz CT molecular complexity index is 1190. The quantitative estimate of drug-likeness (QED) is 0.157. The number of hydrogen-bond acceptors (Lipinski definition) is 11. The van der Waals surface area contributed by atoms with Crippen LogP contribution in [-0.2, 0) is 30.1 Å². The fourth-order valence-electron chi connectivity index (χ4n) is 2.61. The summed E-state index contributed by atoms with van der Waals surface area (Å²) in [6.45, 7) is -0.295. The summed E-state index contributed by atoms with van der Waals surface area (Å²) in [5, 5.41) is 10.7. The molecular weight excluding hydrogens is 488 g/mol. The lowest BCUT2D eigenvalue weighted by molar-refractivity contribution is -0.141. The number of anilines is 1. The van der Waals surface area contributed by atoms with Gasteiger partial charge in [-0.05, 0) is 12.0 Å². The first-order valence-electron chi connectivity index (χ1n) is 9.84. The van der Waals surface area contributed by atoms with Gasteiger partial charge in [-0.1, -0.05) is 24.3 Å². The van der Waals surface area contributed by atoms with Crippen LogP contribution in [0.2, 0.25) is 0 Å². The van der Waals surface area contributed by atoms with E-state index in [2.05, 4.69) is 15.3 Å².